The molecule has 11 rings (SSSR count). The van der Waals surface area contributed by atoms with Crippen LogP contribution in [-0.4, -0.2) is 12.3 Å². The molecule has 7 aromatic rings. The molecule has 0 N–H and O–H groups in total. The third-order valence-corrected chi connectivity index (χ3v) is 14.6. The molecular formula is C42H33BN2S2. The minimum Gasteiger partial charge on any atom is -0.327 e. The number of fused-ring (bicyclic) bond motifs is 12. The van der Waals surface area contributed by atoms with Crippen molar-refractivity contribution in [3.63, 3.8) is 0 Å². The van der Waals surface area contributed by atoms with E-state index in [0.29, 0.717) is 0 Å². The van der Waals surface area contributed by atoms with Crippen LogP contribution >= 0.6 is 22.7 Å². The molecule has 1 saturated carbocycles. The van der Waals surface area contributed by atoms with Gasteiger partial charge in [0.05, 0.1) is 21.2 Å². The highest BCUT2D eigenvalue weighted by atomic mass is 32.1. The molecule has 2 unspecified atom stereocenters. The van der Waals surface area contributed by atoms with Crippen LogP contribution in [0.4, 0.5) is 27.1 Å². The Morgan fingerprint density at radius 2 is 1.23 bits per heavy atom. The van der Waals surface area contributed by atoms with E-state index in [-0.39, 0.29) is 17.7 Å². The van der Waals surface area contributed by atoms with Crippen molar-refractivity contribution < 1.29 is 0 Å². The standard InChI is InChI=1S/C42H33BN2S2/c1-41-24-12-13-25-42(41,2)45-38-30(41)22-23-32-37(38)43(36-29-18-8-11-21-34(29)47-40(36)45)35-28-17-7-10-20-33(28)46-39(35)44(32)31-19-9-6-16-27(31)26-14-4-3-5-15-26/h3-11,14-23H,12-13,24-25H2,1-2H3. The first-order chi connectivity index (χ1) is 23.1. The van der Waals surface area contributed by atoms with E-state index in [1.807, 2.05) is 22.7 Å². The fourth-order valence-corrected chi connectivity index (χ4v) is 12.6. The van der Waals surface area contributed by atoms with E-state index in [9.17, 15) is 0 Å². The first-order valence-electron chi connectivity index (χ1n) is 17.0. The highest BCUT2D eigenvalue weighted by molar-refractivity contribution is 7.29. The Morgan fingerprint density at radius 1 is 0.596 bits per heavy atom. The Hall–Kier alpha value is -4.32. The number of para-hydroxylation sites is 1. The molecule has 0 saturated heterocycles. The van der Waals surface area contributed by atoms with Crippen LogP contribution in [0.5, 0.6) is 0 Å². The summed E-state index contributed by atoms with van der Waals surface area (Å²) < 4.78 is 2.76. The SMILES string of the molecule is CC12CCCCC1(C)N1c3sc4ccccc4c3B3c4c(ccc2c41)N(c1ccccc1-c1ccccc1)c1sc2ccccc2c13. The summed E-state index contributed by atoms with van der Waals surface area (Å²) in [5.74, 6) is 0. The van der Waals surface area contributed by atoms with Crippen molar-refractivity contribution in [2.45, 2.75) is 50.5 Å². The Bertz CT molecular complexity index is 2440. The van der Waals surface area contributed by atoms with Gasteiger partial charge in [0.25, 0.3) is 6.71 Å². The minimum absolute atomic E-state index is 0.0348. The largest absolute Gasteiger partial charge is 0.327 e. The van der Waals surface area contributed by atoms with Crippen molar-refractivity contribution in [1.29, 1.82) is 0 Å². The third-order valence-electron chi connectivity index (χ3n) is 12.3. The molecule has 0 spiro atoms. The normalized spacial score (nSPS) is 22.0. The van der Waals surface area contributed by atoms with Crippen LogP contribution in [0, 0.1) is 0 Å². The summed E-state index contributed by atoms with van der Waals surface area (Å²) in [5, 5.41) is 5.65. The molecule has 2 atom stereocenters. The maximum absolute atomic E-state index is 2.87. The van der Waals surface area contributed by atoms with E-state index in [2.05, 4.69) is 139 Å². The van der Waals surface area contributed by atoms with Gasteiger partial charge < -0.3 is 9.80 Å². The smallest absolute Gasteiger partial charge is 0.256 e. The molecule has 5 heteroatoms. The molecule has 1 fully saturated rings. The highest BCUT2D eigenvalue weighted by Crippen LogP contribution is 2.63. The Balaban J connectivity index is 1.31. The van der Waals surface area contributed by atoms with Crippen molar-refractivity contribution >= 4 is 93.0 Å². The highest BCUT2D eigenvalue weighted by Gasteiger charge is 2.62. The Kier molecular flexibility index (Phi) is 5.22. The first kappa shape index (κ1) is 26.7. The second-order valence-corrected chi connectivity index (χ2v) is 16.4. The lowest BCUT2D eigenvalue weighted by Gasteiger charge is -2.51. The van der Waals surface area contributed by atoms with E-state index in [0.717, 1.165) is 0 Å². The van der Waals surface area contributed by atoms with Crippen molar-refractivity contribution in [3.05, 3.63) is 121 Å². The van der Waals surface area contributed by atoms with Crippen LogP contribution in [0.15, 0.2) is 115 Å². The number of hydrogen-bond donors (Lipinski definition) is 0. The van der Waals surface area contributed by atoms with E-state index in [4.69, 9.17) is 0 Å². The molecule has 1 aliphatic carbocycles. The summed E-state index contributed by atoms with van der Waals surface area (Å²) >= 11 is 3.98. The summed E-state index contributed by atoms with van der Waals surface area (Å²) in [4.78, 5) is 5.51. The van der Waals surface area contributed by atoms with Crippen LogP contribution < -0.4 is 26.2 Å². The molecule has 5 aromatic carbocycles. The maximum Gasteiger partial charge on any atom is 0.256 e. The maximum atomic E-state index is 2.87. The van der Waals surface area contributed by atoms with Crippen molar-refractivity contribution in [2.75, 3.05) is 9.80 Å². The second-order valence-electron chi connectivity index (χ2n) is 14.3. The van der Waals surface area contributed by atoms with Gasteiger partial charge in [-0.25, -0.2) is 0 Å². The number of hydrogen-bond acceptors (Lipinski definition) is 4. The zero-order chi connectivity index (χ0) is 31.1. The van der Waals surface area contributed by atoms with Gasteiger partial charge in [-0.15, -0.1) is 22.7 Å². The number of rotatable bonds is 2. The summed E-state index contributed by atoms with van der Waals surface area (Å²) in [6, 6.07) is 43.4. The average molecular weight is 641 g/mol. The zero-order valence-electron chi connectivity index (χ0n) is 26.6. The Labute approximate surface area is 284 Å². The predicted octanol–water partition coefficient (Wildman–Crippen LogP) is 10.1. The predicted molar refractivity (Wildman–Crippen MR) is 205 cm³/mol. The lowest BCUT2D eigenvalue weighted by molar-refractivity contribution is 0.195. The number of anilines is 5. The lowest BCUT2D eigenvalue weighted by Crippen LogP contribution is -2.63. The van der Waals surface area contributed by atoms with Crippen LogP contribution in [0.25, 0.3) is 31.3 Å². The zero-order valence-corrected chi connectivity index (χ0v) is 28.2. The first-order valence-corrected chi connectivity index (χ1v) is 18.7. The summed E-state index contributed by atoms with van der Waals surface area (Å²) in [6.07, 6.45) is 5.05. The molecule has 2 aromatic heterocycles. The van der Waals surface area contributed by atoms with Gasteiger partial charge in [0, 0.05) is 31.8 Å². The van der Waals surface area contributed by atoms with Gasteiger partial charge >= 0.3 is 0 Å². The van der Waals surface area contributed by atoms with Crippen LogP contribution in [0.1, 0.15) is 45.1 Å². The molecule has 47 heavy (non-hydrogen) atoms. The number of benzene rings is 5. The third kappa shape index (κ3) is 3.18. The van der Waals surface area contributed by atoms with Gasteiger partial charge in [0.15, 0.2) is 0 Å². The van der Waals surface area contributed by atoms with E-state index >= 15 is 0 Å². The molecule has 226 valence electrons. The van der Waals surface area contributed by atoms with Gasteiger partial charge in [-0.2, -0.15) is 0 Å². The fourth-order valence-electron chi connectivity index (χ4n) is 9.92. The second kappa shape index (κ2) is 9.18. The molecular weight excluding hydrogens is 607 g/mol. The molecule has 0 bridgehead atoms. The molecule has 0 radical (unpaired) electrons. The van der Waals surface area contributed by atoms with Crippen molar-refractivity contribution in [3.8, 4) is 11.1 Å². The van der Waals surface area contributed by atoms with Crippen LogP contribution in [0.3, 0.4) is 0 Å². The molecule has 2 nitrogen and oxygen atoms in total. The van der Waals surface area contributed by atoms with E-state index in [1.54, 1.807) is 5.56 Å². The van der Waals surface area contributed by atoms with Gasteiger partial charge in [-0.1, -0.05) is 111 Å². The molecule has 4 aliphatic rings. The van der Waals surface area contributed by atoms with Gasteiger partial charge in [0.2, 0.25) is 0 Å². The van der Waals surface area contributed by atoms with E-state index < -0.39 is 0 Å². The fraction of sp³-hybridized carbons (Fsp3) is 0.190. The lowest BCUT2D eigenvalue weighted by atomic mass is 9.33. The molecule has 5 heterocycles. The molecule has 0 amide bonds. The van der Waals surface area contributed by atoms with Gasteiger partial charge in [-0.05, 0) is 82.3 Å². The summed E-state index contributed by atoms with van der Waals surface area (Å²) in [5.41, 5.74) is 12.8. The van der Waals surface area contributed by atoms with Gasteiger partial charge in [-0.3, -0.25) is 0 Å². The number of nitrogens with zero attached hydrogens (tertiary/aromatic N) is 2. The monoisotopic (exact) mass is 640 g/mol. The summed E-state index contributed by atoms with van der Waals surface area (Å²) in [6.45, 7) is 5.35. The van der Waals surface area contributed by atoms with Crippen LogP contribution in [-0.2, 0) is 5.41 Å². The van der Waals surface area contributed by atoms with Crippen molar-refractivity contribution in [1.82, 2.24) is 0 Å². The minimum atomic E-state index is 0.0348. The van der Waals surface area contributed by atoms with E-state index in [1.165, 1.54) is 100 Å². The molecule has 3 aliphatic heterocycles. The number of thiophene rings is 2. The average Bonchev–Trinajstić information content (AvgIpc) is 3.75. The topological polar surface area (TPSA) is 6.48 Å². The summed E-state index contributed by atoms with van der Waals surface area (Å²) in [7, 11) is 0. The van der Waals surface area contributed by atoms with Gasteiger partial charge in [0.1, 0.15) is 0 Å². The Morgan fingerprint density at radius 3 is 2.02 bits per heavy atom. The van der Waals surface area contributed by atoms with Crippen molar-refractivity contribution in [2.24, 2.45) is 0 Å². The van der Waals surface area contributed by atoms with Crippen LogP contribution in [0.2, 0.25) is 0 Å². The quantitative estimate of drug-likeness (QED) is 0.174.